The molecule has 5 nitrogen and oxygen atoms in total. The lowest BCUT2D eigenvalue weighted by atomic mass is 10.2. The number of sulfonamides is 1. The lowest BCUT2D eigenvalue weighted by Gasteiger charge is -2.21. The second-order valence-corrected chi connectivity index (χ2v) is 8.89. The third-order valence-corrected chi connectivity index (χ3v) is 6.45. The SMILES string of the molecule is CN(C)S(=O)(=O)c1ccc2c(c1)CCN2C(=S)Nc1ccc(Cl)cc1. The van der Waals surface area contributed by atoms with Crippen LogP contribution in [0, 0.1) is 0 Å². The average molecular weight is 396 g/mol. The number of nitrogens with zero attached hydrogens (tertiary/aromatic N) is 2. The van der Waals surface area contributed by atoms with E-state index in [0.717, 1.165) is 23.4 Å². The number of anilines is 2. The topological polar surface area (TPSA) is 52.7 Å². The molecule has 1 aliphatic rings. The first kappa shape index (κ1) is 18.1. The highest BCUT2D eigenvalue weighted by Gasteiger charge is 2.25. The van der Waals surface area contributed by atoms with Crippen LogP contribution in [0.25, 0.3) is 0 Å². The number of fused-ring (bicyclic) bond motifs is 1. The summed E-state index contributed by atoms with van der Waals surface area (Å²) in [4.78, 5) is 2.28. The van der Waals surface area contributed by atoms with E-state index in [0.29, 0.717) is 21.6 Å². The van der Waals surface area contributed by atoms with Gasteiger partial charge in [0.05, 0.1) is 4.90 Å². The van der Waals surface area contributed by atoms with Gasteiger partial charge in [0.15, 0.2) is 5.11 Å². The predicted octanol–water partition coefficient (Wildman–Crippen LogP) is 3.35. The van der Waals surface area contributed by atoms with E-state index in [9.17, 15) is 8.42 Å². The van der Waals surface area contributed by atoms with E-state index in [2.05, 4.69) is 5.32 Å². The van der Waals surface area contributed by atoms with Gasteiger partial charge in [-0.05, 0) is 66.7 Å². The van der Waals surface area contributed by atoms with Gasteiger partial charge in [-0.2, -0.15) is 0 Å². The van der Waals surface area contributed by atoms with E-state index in [1.54, 1.807) is 24.3 Å². The standard InChI is InChI=1S/C17H18ClN3O2S2/c1-20(2)25(22,23)15-7-8-16-12(11-15)9-10-21(16)17(24)19-14-5-3-13(18)4-6-14/h3-8,11H,9-10H2,1-2H3,(H,19,24). The first-order valence-electron chi connectivity index (χ1n) is 7.68. The third kappa shape index (κ3) is 3.64. The van der Waals surface area contributed by atoms with Gasteiger partial charge in [-0.25, -0.2) is 12.7 Å². The Morgan fingerprint density at radius 3 is 2.52 bits per heavy atom. The third-order valence-electron chi connectivity index (χ3n) is 4.07. The van der Waals surface area contributed by atoms with Crippen molar-refractivity contribution < 1.29 is 8.42 Å². The monoisotopic (exact) mass is 395 g/mol. The number of hydrogen-bond acceptors (Lipinski definition) is 3. The van der Waals surface area contributed by atoms with Crippen molar-refractivity contribution in [3.63, 3.8) is 0 Å². The van der Waals surface area contributed by atoms with Crippen LogP contribution in [-0.4, -0.2) is 38.5 Å². The van der Waals surface area contributed by atoms with Crippen molar-refractivity contribution in [1.29, 1.82) is 0 Å². The number of halogens is 1. The van der Waals surface area contributed by atoms with Gasteiger partial charge in [0, 0.05) is 37.0 Å². The Bertz CT molecular complexity index is 912. The van der Waals surface area contributed by atoms with Gasteiger partial charge in [0.25, 0.3) is 0 Å². The minimum atomic E-state index is -3.43. The number of thiocarbonyl (C=S) groups is 1. The second kappa shape index (κ2) is 6.92. The maximum absolute atomic E-state index is 12.3. The molecule has 0 amide bonds. The molecule has 0 aromatic heterocycles. The molecule has 8 heteroatoms. The van der Waals surface area contributed by atoms with Crippen LogP contribution in [-0.2, 0) is 16.4 Å². The van der Waals surface area contributed by atoms with E-state index >= 15 is 0 Å². The number of benzene rings is 2. The minimum Gasteiger partial charge on any atom is -0.332 e. The Balaban J connectivity index is 1.82. The van der Waals surface area contributed by atoms with E-state index in [4.69, 9.17) is 23.8 Å². The summed E-state index contributed by atoms with van der Waals surface area (Å²) in [6.45, 7) is 0.709. The molecule has 3 rings (SSSR count). The summed E-state index contributed by atoms with van der Waals surface area (Å²) < 4.78 is 25.8. The summed E-state index contributed by atoms with van der Waals surface area (Å²) in [7, 11) is -0.379. The van der Waals surface area contributed by atoms with Crippen molar-refractivity contribution >= 4 is 50.3 Å². The quantitative estimate of drug-likeness (QED) is 0.807. The van der Waals surface area contributed by atoms with E-state index in [1.807, 2.05) is 23.1 Å². The maximum atomic E-state index is 12.3. The molecule has 132 valence electrons. The Morgan fingerprint density at radius 2 is 1.88 bits per heavy atom. The first-order valence-corrected chi connectivity index (χ1v) is 9.91. The van der Waals surface area contributed by atoms with Crippen LogP contribution in [0.5, 0.6) is 0 Å². The fraction of sp³-hybridized carbons (Fsp3) is 0.235. The molecule has 0 atom stereocenters. The summed E-state index contributed by atoms with van der Waals surface area (Å²) in [5.41, 5.74) is 2.77. The van der Waals surface area contributed by atoms with Gasteiger partial charge in [-0.3, -0.25) is 0 Å². The van der Waals surface area contributed by atoms with Gasteiger partial charge in [0.2, 0.25) is 10.0 Å². The number of nitrogens with one attached hydrogen (secondary N) is 1. The lowest BCUT2D eigenvalue weighted by molar-refractivity contribution is 0.520. The Labute approximate surface area is 158 Å². The zero-order valence-electron chi connectivity index (χ0n) is 13.9. The highest BCUT2D eigenvalue weighted by Crippen LogP contribution is 2.31. The molecule has 1 heterocycles. The summed E-state index contributed by atoms with van der Waals surface area (Å²) in [5, 5.41) is 4.43. The molecule has 1 aliphatic heterocycles. The fourth-order valence-corrected chi connectivity index (χ4v) is 4.07. The predicted molar refractivity (Wildman–Crippen MR) is 106 cm³/mol. The van der Waals surface area contributed by atoms with E-state index < -0.39 is 10.0 Å². The zero-order valence-corrected chi connectivity index (χ0v) is 16.2. The molecule has 0 aliphatic carbocycles. The average Bonchev–Trinajstić information content (AvgIpc) is 3.00. The minimum absolute atomic E-state index is 0.301. The fourth-order valence-electron chi connectivity index (χ4n) is 2.68. The van der Waals surface area contributed by atoms with Crippen LogP contribution < -0.4 is 10.2 Å². The van der Waals surface area contributed by atoms with Gasteiger partial charge in [-0.1, -0.05) is 11.6 Å². The molecule has 25 heavy (non-hydrogen) atoms. The Morgan fingerprint density at radius 1 is 1.20 bits per heavy atom. The Kier molecular flexibility index (Phi) is 5.02. The molecule has 0 fully saturated rings. The van der Waals surface area contributed by atoms with Crippen molar-refractivity contribution in [3.8, 4) is 0 Å². The van der Waals surface area contributed by atoms with Crippen molar-refractivity contribution in [2.24, 2.45) is 0 Å². The normalized spacial score (nSPS) is 13.8. The molecule has 1 N–H and O–H groups in total. The summed E-state index contributed by atoms with van der Waals surface area (Å²) in [5.74, 6) is 0. The molecule has 2 aromatic rings. The van der Waals surface area contributed by atoms with Crippen molar-refractivity contribution in [3.05, 3.63) is 53.1 Å². The molecule has 0 bridgehead atoms. The molecule has 2 aromatic carbocycles. The zero-order chi connectivity index (χ0) is 18.2. The first-order chi connectivity index (χ1) is 11.8. The highest BCUT2D eigenvalue weighted by molar-refractivity contribution is 7.89. The molecule has 0 saturated carbocycles. The van der Waals surface area contributed by atoms with Crippen LogP contribution in [0.4, 0.5) is 11.4 Å². The van der Waals surface area contributed by atoms with Crippen LogP contribution in [0.15, 0.2) is 47.4 Å². The van der Waals surface area contributed by atoms with Crippen LogP contribution in [0.3, 0.4) is 0 Å². The number of hydrogen-bond donors (Lipinski definition) is 1. The second-order valence-electron chi connectivity index (χ2n) is 5.92. The van der Waals surface area contributed by atoms with Crippen LogP contribution >= 0.6 is 23.8 Å². The van der Waals surface area contributed by atoms with Crippen molar-refractivity contribution in [1.82, 2.24) is 4.31 Å². The lowest BCUT2D eigenvalue weighted by Crippen LogP contribution is -2.33. The highest BCUT2D eigenvalue weighted by atomic mass is 35.5. The van der Waals surface area contributed by atoms with E-state index in [-0.39, 0.29) is 0 Å². The summed E-state index contributed by atoms with van der Waals surface area (Å²) in [6, 6.07) is 12.5. The van der Waals surface area contributed by atoms with Gasteiger partial charge < -0.3 is 10.2 Å². The Hall–Kier alpha value is -1.67. The van der Waals surface area contributed by atoms with Crippen molar-refractivity contribution in [2.75, 3.05) is 30.9 Å². The largest absolute Gasteiger partial charge is 0.332 e. The van der Waals surface area contributed by atoms with Crippen LogP contribution in [0.1, 0.15) is 5.56 Å². The smallest absolute Gasteiger partial charge is 0.242 e. The summed E-state index contributed by atoms with van der Waals surface area (Å²) >= 11 is 11.4. The molecule has 0 saturated heterocycles. The van der Waals surface area contributed by atoms with Crippen LogP contribution in [0.2, 0.25) is 5.02 Å². The van der Waals surface area contributed by atoms with Gasteiger partial charge >= 0.3 is 0 Å². The molecule has 0 spiro atoms. The van der Waals surface area contributed by atoms with Gasteiger partial charge in [-0.15, -0.1) is 0 Å². The molecule has 0 radical (unpaired) electrons. The number of rotatable bonds is 3. The van der Waals surface area contributed by atoms with Crippen molar-refractivity contribution in [2.45, 2.75) is 11.3 Å². The molecule has 0 unspecified atom stereocenters. The summed E-state index contributed by atoms with van der Waals surface area (Å²) in [6.07, 6.45) is 0.745. The van der Waals surface area contributed by atoms with E-state index in [1.165, 1.54) is 18.4 Å². The maximum Gasteiger partial charge on any atom is 0.242 e. The van der Waals surface area contributed by atoms with Gasteiger partial charge in [0.1, 0.15) is 0 Å². The molecular weight excluding hydrogens is 378 g/mol. The molecular formula is C17H18ClN3O2S2.